The monoisotopic (exact) mass is 428 g/mol. The molecule has 1 aliphatic rings. The van der Waals surface area contributed by atoms with Gasteiger partial charge in [0.25, 0.3) is 0 Å². The van der Waals surface area contributed by atoms with E-state index in [1.165, 1.54) is 25.7 Å². The summed E-state index contributed by atoms with van der Waals surface area (Å²) in [7, 11) is 0. The van der Waals surface area contributed by atoms with Crippen LogP contribution in [0.2, 0.25) is 0 Å². The molecule has 6 nitrogen and oxygen atoms in total. The molecule has 0 spiro atoms. The molecule has 1 saturated carbocycles. The second-order valence-electron chi connectivity index (χ2n) is 9.32. The van der Waals surface area contributed by atoms with Crippen LogP contribution in [-0.4, -0.2) is 37.7 Å². The van der Waals surface area contributed by atoms with Crippen LogP contribution in [0.4, 0.5) is 9.59 Å². The normalized spacial score (nSPS) is 19.0. The number of rotatable bonds is 14. The molecule has 0 amide bonds. The zero-order valence-electron chi connectivity index (χ0n) is 19.7. The summed E-state index contributed by atoms with van der Waals surface area (Å²) in [5, 5.41) is 0. The quantitative estimate of drug-likeness (QED) is 0.218. The van der Waals surface area contributed by atoms with E-state index >= 15 is 0 Å². The number of hydrogen-bond acceptors (Lipinski definition) is 6. The van der Waals surface area contributed by atoms with Gasteiger partial charge in [-0.1, -0.05) is 66.2 Å². The smallest absolute Gasteiger partial charge is 0.434 e. The first-order chi connectivity index (χ1) is 14.4. The van der Waals surface area contributed by atoms with Crippen molar-refractivity contribution in [1.29, 1.82) is 0 Å². The lowest BCUT2D eigenvalue weighted by molar-refractivity contribution is -0.0271. The SMILES string of the molecule is CC(C)CCCCCOC(=O)OC1CCC(OC(=O)OCCCCCC(C)C)CC1. The average Bonchev–Trinajstić information content (AvgIpc) is 2.68. The number of unbranched alkanes of at least 4 members (excludes halogenated alkanes) is 4. The summed E-state index contributed by atoms with van der Waals surface area (Å²) in [5.41, 5.74) is 0. The Morgan fingerprint density at radius 1 is 0.633 bits per heavy atom. The Hall–Kier alpha value is -1.46. The molecule has 0 saturated heterocycles. The molecule has 1 fully saturated rings. The summed E-state index contributed by atoms with van der Waals surface area (Å²) in [6.45, 7) is 9.69. The maximum absolute atomic E-state index is 11.8. The minimum atomic E-state index is -0.583. The lowest BCUT2D eigenvalue weighted by Crippen LogP contribution is -2.30. The first-order valence-electron chi connectivity index (χ1n) is 12.0. The maximum Gasteiger partial charge on any atom is 0.508 e. The fourth-order valence-electron chi connectivity index (χ4n) is 3.58. The Balaban J connectivity index is 2.01. The number of ether oxygens (including phenoxy) is 4. The molecule has 0 aliphatic heterocycles. The molecular weight excluding hydrogens is 384 g/mol. The van der Waals surface area contributed by atoms with Crippen LogP contribution in [0.15, 0.2) is 0 Å². The molecule has 0 atom stereocenters. The van der Waals surface area contributed by atoms with Crippen molar-refractivity contribution in [2.75, 3.05) is 13.2 Å². The number of hydrogen-bond donors (Lipinski definition) is 0. The van der Waals surface area contributed by atoms with Gasteiger partial charge in [-0.3, -0.25) is 0 Å². The van der Waals surface area contributed by atoms with E-state index < -0.39 is 12.3 Å². The first-order valence-corrected chi connectivity index (χ1v) is 12.0. The topological polar surface area (TPSA) is 71.1 Å². The minimum Gasteiger partial charge on any atom is -0.434 e. The van der Waals surface area contributed by atoms with E-state index in [0.29, 0.717) is 38.9 Å². The largest absolute Gasteiger partial charge is 0.508 e. The van der Waals surface area contributed by atoms with E-state index in [4.69, 9.17) is 18.9 Å². The zero-order chi connectivity index (χ0) is 22.2. The van der Waals surface area contributed by atoms with Crippen LogP contribution in [0, 0.1) is 11.8 Å². The molecule has 1 aliphatic carbocycles. The van der Waals surface area contributed by atoms with Crippen LogP contribution >= 0.6 is 0 Å². The molecular formula is C24H44O6. The van der Waals surface area contributed by atoms with E-state index in [9.17, 15) is 9.59 Å². The average molecular weight is 429 g/mol. The van der Waals surface area contributed by atoms with Crippen LogP contribution in [0.25, 0.3) is 0 Å². The number of carbonyl (C=O) groups excluding carboxylic acids is 2. The summed E-state index contributed by atoms with van der Waals surface area (Å²) in [6.07, 6.45) is 9.88. The second-order valence-corrected chi connectivity index (χ2v) is 9.32. The highest BCUT2D eigenvalue weighted by molar-refractivity contribution is 5.60. The van der Waals surface area contributed by atoms with Crippen molar-refractivity contribution >= 4 is 12.3 Å². The Morgan fingerprint density at radius 2 is 1.00 bits per heavy atom. The molecule has 0 N–H and O–H groups in total. The van der Waals surface area contributed by atoms with Gasteiger partial charge in [-0.05, 0) is 50.4 Å². The molecule has 0 heterocycles. The zero-order valence-corrected chi connectivity index (χ0v) is 19.7. The van der Waals surface area contributed by atoms with Gasteiger partial charge in [-0.25, -0.2) is 9.59 Å². The third-order valence-corrected chi connectivity index (χ3v) is 5.44. The van der Waals surface area contributed by atoms with Gasteiger partial charge in [0, 0.05) is 0 Å². The summed E-state index contributed by atoms with van der Waals surface area (Å²) in [6, 6.07) is 0. The maximum atomic E-state index is 11.8. The van der Waals surface area contributed by atoms with E-state index in [2.05, 4.69) is 27.7 Å². The fourth-order valence-corrected chi connectivity index (χ4v) is 3.58. The van der Waals surface area contributed by atoms with E-state index in [1.54, 1.807) is 0 Å². The van der Waals surface area contributed by atoms with Gasteiger partial charge in [-0.15, -0.1) is 0 Å². The molecule has 0 unspecified atom stereocenters. The van der Waals surface area contributed by atoms with Crippen molar-refractivity contribution in [2.24, 2.45) is 11.8 Å². The van der Waals surface area contributed by atoms with Gasteiger partial charge in [-0.2, -0.15) is 0 Å². The number of carbonyl (C=O) groups is 2. The molecule has 1 rings (SSSR count). The van der Waals surface area contributed by atoms with Gasteiger partial charge < -0.3 is 18.9 Å². The van der Waals surface area contributed by atoms with Crippen molar-refractivity contribution < 1.29 is 28.5 Å². The summed E-state index contributed by atoms with van der Waals surface area (Å²) in [4.78, 5) is 23.6. The van der Waals surface area contributed by atoms with Crippen LogP contribution in [0.3, 0.4) is 0 Å². The van der Waals surface area contributed by atoms with Gasteiger partial charge in [0.2, 0.25) is 0 Å². The van der Waals surface area contributed by atoms with E-state index in [-0.39, 0.29) is 12.2 Å². The Morgan fingerprint density at radius 3 is 1.33 bits per heavy atom. The Kier molecular flexibility index (Phi) is 14.4. The van der Waals surface area contributed by atoms with E-state index in [0.717, 1.165) is 37.5 Å². The molecule has 6 heteroatoms. The molecule has 176 valence electrons. The highest BCUT2D eigenvalue weighted by Crippen LogP contribution is 2.24. The fraction of sp³-hybridized carbons (Fsp3) is 0.917. The molecule has 0 radical (unpaired) electrons. The van der Waals surface area contributed by atoms with E-state index in [1.807, 2.05) is 0 Å². The molecule has 30 heavy (non-hydrogen) atoms. The Bertz CT molecular complexity index is 413. The van der Waals surface area contributed by atoms with Crippen molar-refractivity contribution in [3.8, 4) is 0 Å². The van der Waals surface area contributed by atoms with Crippen LogP contribution in [-0.2, 0) is 18.9 Å². The van der Waals surface area contributed by atoms with Gasteiger partial charge in [0.1, 0.15) is 12.2 Å². The molecule has 0 aromatic rings. The van der Waals surface area contributed by atoms with Crippen molar-refractivity contribution in [2.45, 2.75) is 117 Å². The highest BCUT2D eigenvalue weighted by atomic mass is 16.7. The molecule has 0 bridgehead atoms. The third-order valence-electron chi connectivity index (χ3n) is 5.44. The van der Waals surface area contributed by atoms with Crippen molar-refractivity contribution in [3.05, 3.63) is 0 Å². The van der Waals surface area contributed by atoms with Crippen molar-refractivity contribution in [3.63, 3.8) is 0 Å². The lowest BCUT2D eigenvalue weighted by atomic mass is 9.95. The van der Waals surface area contributed by atoms with Crippen molar-refractivity contribution in [1.82, 2.24) is 0 Å². The van der Waals surface area contributed by atoms with Gasteiger partial charge >= 0.3 is 12.3 Å². The summed E-state index contributed by atoms with van der Waals surface area (Å²) >= 11 is 0. The second kappa shape index (κ2) is 16.3. The highest BCUT2D eigenvalue weighted by Gasteiger charge is 2.27. The standard InChI is InChI=1S/C24H44O6/c1-19(2)11-7-5-9-17-27-23(25)29-21-13-15-22(16-14-21)30-24(26)28-18-10-6-8-12-20(3)4/h19-22H,5-18H2,1-4H3. The molecule has 0 aromatic carbocycles. The predicted octanol–water partition coefficient (Wildman–Crippen LogP) is 7.04. The first kappa shape index (κ1) is 26.6. The van der Waals surface area contributed by atoms with Gasteiger partial charge in [0.15, 0.2) is 0 Å². The summed E-state index contributed by atoms with van der Waals surface area (Å²) in [5.74, 6) is 1.44. The lowest BCUT2D eigenvalue weighted by Gasteiger charge is -2.27. The third kappa shape index (κ3) is 14.5. The van der Waals surface area contributed by atoms with Gasteiger partial charge in [0.05, 0.1) is 13.2 Å². The van der Waals surface area contributed by atoms with Crippen LogP contribution < -0.4 is 0 Å². The Labute approximate surface area is 183 Å². The summed E-state index contributed by atoms with van der Waals surface area (Å²) < 4.78 is 21.1. The van der Waals surface area contributed by atoms with Crippen LogP contribution in [0.1, 0.15) is 105 Å². The minimum absolute atomic E-state index is 0.157. The molecule has 0 aromatic heterocycles. The van der Waals surface area contributed by atoms with Crippen LogP contribution in [0.5, 0.6) is 0 Å². The predicted molar refractivity (Wildman–Crippen MR) is 118 cm³/mol.